The molecule has 0 radical (unpaired) electrons. The third kappa shape index (κ3) is 5.91. The highest BCUT2D eigenvalue weighted by Crippen LogP contribution is 2.21. The van der Waals surface area contributed by atoms with Crippen molar-refractivity contribution in [2.75, 3.05) is 32.8 Å². The average Bonchev–Trinajstić information content (AvgIpc) is 2.60. The van der Waals surface area contributed by atoms with E-state index in [-0.39, 0.29) is 41.8 Å². The first-order valence-electron chi connectivity index (χ1n) is 8.55. The fourth-order valence-electron chi connectivity index (χ4n) is 2.76. The van der Waals surface area contributed by atoms with Crippen LogP contribution in [0.3, 0.4) is 0 Å². The minimum Gasteiger partial charge on any atom is -0.450 e. The molecule has 1 fully saturated rings. The standard InChI is InChI=1S/C16H22F2N4O4S/c1-3-26-16(25)22-8-6-21(7-9-22)12(23)5-4-11-10(2)19-15(20-13(11)24)27-14(17)18/h14H,3-9H2,1-2H3,(H,19,20,24). The first kappa shape index (κ1) is 21.1. The molecule has 27 heavy (non-hydrogen) atoms. The fourth-order valence-corrected chi connectivity index (χ4v) is 3.27. The van der Waals surface area contributed by atoms with Gasteiger partial charge in [0.15, 0.2) is 5.16 Å². The van der Waals surface area contributed by atoms with E-state index in [4.69, 9.17) is 4.74 Å². The molecule has 0 aliphatic carbocycles. The van der Waals surface area contributed by atoms with Crippen molar-refractivity contribution in [3.63, 3.8) is 0 Å². The number of carbonyl (C=O) groups excluding carboxylic acids is 2. The maximum atomic E-state index is 12.4. The summed E-state index contributed by atoms with van der Waals surface area (Å²) in [6.45, 7) is 5.17. The number of carbonyl (C=O) groups is 2. The Balaban J connectivity index is 1.89. The van der Waals surface area contributed by atoms with Crippen LogP contribution in [0.4, 0.5) is 13.6 Å². The van der Waals surface area contributed by atoms with Crippen LogP contribution in [-0.2, 0) is 16.0 Å². The number of nitrogens with one attached hydrogen (secondary N) is 1. The molecule has 11 heteroatoms. The van der Waals surface area contributed by atoms with Gasteiger partial charge in [-0.15, -0.1) is 0 Å². The molecule has 150 valence electrons. The Labute approximate surface area is 159 Å². The van der Waals surface area contributed by atoms with E-state index in [2.05, 4.69) is 9.97 Å². The lowest BCUT2D eigenvalue weighted by molar-refractivity contribution is -0.132. The maximum Gasteiger partial charge on any atom is 0.409 e. The summed E-state index contributed by atoms with van der Waals surface area (Å²) < 4.78 is 29.7. The van der Waals surface area contributed by atoms with Gasteiger partial charge in [-0.3, -0.25) is 9.59 Å². The highest BCUT2D eigenvalue weighted by Gasteiger charge is 2.25. The van der Waals surface area contributed by atoms with Gasteiger partial charge in [-0.2, -0.15) is 8.78 Å². The Morgan fingerprint density at radius 3 is 2.44 bits per heavy atom. The number of amides is 2. The van der Waals surface area contributed by atoms with Crippen molar-refractivity contribution in [3.8, 4) is 0 Å². The SMILES string of the molecule is CCOC(=O)N1CCN(C(=O)CCc2c(C)nc(SC(F)F)[nH]c2=O)CC1. The second-order valence-corrected chi connectivity index (χ2v) is 6.86. The second-order valence-electron chi connectivity index (χ2n) is 5.88. The summed E-state index contributed by atoms with van der Waals surface area (Å²) in [5.41, 5.74) is 0.138. The Morgan fingerprint density at radius 1 is 1.26 bits per heavy atom. The van der Waals surface area contributed by atoms with Gasteiger partial charge in [0.1, 0.15) is 0 Å². The topological polar surface area (TPSA) is 95.6 Å². The van der Waals surface area contributed by atoms with Gasteiger partial charge in [-0.05, 0) is 32.0 Å². The van der Waals surface area contributed by atoms with E-state index >= 15 is 0 Å². The molecule has 0 unspecified atom stereocenters. The summed E-state index contributed by atoms with van der Waals surface area (Å²) in [5.74, 6) is -2.81. The zero-order valence-electron chi connectivity index (χ0n) is 15.2. The number of piperazine rings is 1. The molecule has 2 heterocycles. The lowest BCUT2D eigenvalue weighted by Gasteiger charge is -2.34. The van der Waals surface area contributed by atoms with E-state index in [0.29, 0.717) is 44.0 Å². The number of aromatic amines is 1. The molecule has 1 aliphatic rings. The van der Waals surface area contributed by atoms with E-state index in [9.17, 15) is 23.2 Å². The summed E-state index contributed by atoms with van der Waals surface area (Å²) in [6.07, 6.45) is -0.114. The maximum absolute atomic E-state index is 12.4. The van der Waals surface area contributed by atoms with Crippen LogP contribution in [0.15, 0.2) is 9.95 Å². The highest BCUT2D eigenvalue weighted by molar-refractivity contribution is 7.99. The van der Waals surface area contributed by atoms with Gasteiger partial charge >= 0.3 is 6.09 Å². The van der Waals surface area contributed by atoms with Gasteiger partial charge in [0.05, 0.1) is 6.61 Å². The minimum atomic E-state index is -2.67. The van der Waals surface area contributed by atoms with Gasteiger partial charge in [-0.1, -0.05) is 0 Å². The predicted octanol–water partition coefficient (Wildman–Crippen LogP) is 1.63. The molecule has 2 amide bonds. The number of aromatic nitrogens is 2. The summed E-state index contributed by atoms with van der Waals surface area (Å²) in [6, 6.07) is 0. The summed E-state index contributed by atoms with van der Waals surface area (Å²) in [5, 5.41) is -0.141. The molecular formula is C16H22F2N4O4S. The molecule has 1 aromatic rings. The normalized spacial score (nSPS) is 14.6. The number of nitrogens with zero attached hydrogens (tertiary/aromatic N) is 3. The van der Waals surface area contributed by atoms with E-state index in [1.54, 1.807) is 23.6 Å². The van der Waals surface area contributed by atoms with Crippen molar-refractivity contribution in [3.05, 3.63) is 21.6 Å². The minimum absolute atomic E-state index is 0.104. The van der Waals surface area contributed by atoms with Crippen molar-refractivity contribution >= 4 is 23.8 Å². The van der Waals surface area contributed by atoms with E-state index in [0.717, 1.165) is 0 Å². The van der Waals surface area contributed by atoms with Crippen LogP contribution in [0.25, 0.3) is 0 Å². The fraction of sp³-hybridized carbons (Fsp3) is 0.625. The van der Waals surface area contributed by atoms with Crippen LogP contribution in [0, 0.1) is 6.92 Å². The Hall–Kier alpha value is -2.17. The zero-order valence-corrected chi connectivity index (χ0v) is 16.0. The highest BCUT2D eigenvalue weighted by atomic mass is 32.2. The zero-order chi connectivity index (χ0) is 20.0. The van der Waals surface area contributed by atoms with E-state index in [1.807, 2.05) is 0 Å². The third-order valence-electron chi connectivity index (χ3n) is 4.15. The lowest BCUT2D eigenvalue weighted by atomic mass is 10.1. The molecule has 1 aliphatic heterocycles. The van der Waals surface area contributed by atoms with Gasteiger partial charge in [-0.25, -0.2) is 9.78 Å². The molecule has 1 saturated heterocycles. The molecule has 1 aromatic heterocycles. The Kier molecular flexibility index (Phi) is 7.57. The first-order chi connectivity index (χ1) is 12.8. The Morgan fingerprint density at radius 2 is 1.89 bits per heavy atom. The van der Waals surface area contributed by atoms with E-state index in [1.165, 1.54) is 0 Å². The van der Waals surface area contributed by atoms with Crippen molar-refractivity contribution in [1.82, 2.24) is 19.8 Å². The van der Waals surface area contributed by atoms with Gasteiger partial charge in [0.25, 0.3) is 11.3 Å². The number of aryl methyl sites for hydroxylation is 1. The van der Waals surface area contributed by atoms with Crippen LogP contribution in [0.5, 0.6) is 0 Å². The third-order valence-corrected chi connectivity index (χ3v) is 4.74. The van der Waals surface area contributed by atoms with Crippen LogP contribution in [0.1, 0.15) is 24.6 Å². The molecule has 1 N–H and O–H groups in total. The van der Waals surface area contributed by atoms with Crippen LogP contribution >= 0.6 is 11.8 Å². The molecule has 0 saturated carbocycles. The number of alkyl halides is 2. The monoisotopic (exact) mass is 404 g/mol. The molecule has 0 atom stereocenters. The summed E-state index contributed by atoms with van der Waals surface area (Å²) >= 11 is 0.171. The largest absolute Gasteiger partial charge is 0.450 e. The summed E-state index contributed by atoms with van der Waals surface area (Å²) in [4.78, 5) is 45.5. The number of hydrogen-bond donors (Lipinski definition) is 1. The van der Waals surface area contributed by atoms with Crippen LogP contribution < -0.4 is 5.56 Å². The van der Waals surface area contributed by atoms with Gasteiger partial charge in [0, 0.05) is 43.9 Å². The number of ether oxygens (including phenoxy) is 1. The average molecular weight is 404 g/mol. The second kappa shape index (κ2) is 9.67. The van der Waals surface area contributed by atoms with Crippen LogP contribution in [0.2, 0.25) is 0 Å². The van der Waals surface area contributed by atoms with Crippen molar-refractivity contribution < 1.29 is 23.1 Å². The lowest BCUT2D eigenvalue weighted by Crippen LogP contribution is -2.50. The van der Waals surface area contributed by atoms with E-state index < -0.39 is 11.3 Å². The smallest absolute Gasteiger partial charge is 0.409 e. The predicted molar refractivity (Wildman–Crippen MR) is 95.0 cm³/mol. The Bertz CT molecular complexity index is 736. The number of thioether (sulfide) groups is 1. The van der Waals surface area contributed by atoms with Gasteiger partial charge in [0.2, 0.25) is 5.91 Å². The molecule has 2 rings (SSSR count). The molecule has 0 spiro atoms. The number of hydrogen-bond acceptors (Lipinski definition) is 6. The summed E-state index contributed by atoms with van der Waals surface area (Å²) in [7, 11) is 0. The van der Waals surface area contributed by atoms with Crippen molar-refractivity contribution in [2.24, 2.45) is 0 Å². The molecule has 0 aromatic carbocycles. The molecule has 8 nitrogen and oxygen atoms in total. The number of H-pyrrole nitrogens is 1. The molecule has 0 bridgehead atoms. The van der Waals surface area contributed by atoms with Crippen LogP contribution in [-0.4, -0.2) is 70.3 Å². The number of rotatable bonds is 6. The van der Waals surface area contributed by atoms with Crippen molar-refractivity contribution in [2.45, 2.75) is 37.6 Å². The van der Waals surface area contributed by atoms with Crippen molar-refractivity contribution in [1.29, 1.82) is 0 Å². The van der Waals surface area contributed by atoms with Gasteiger partial charge < -0.3 is 19.5 Å². The quantitative estimate of drug-likeness (QED) is 0.572. The first-order valence-corrected chi connectivity index (χ1v) is 9.43. The molecular weight excluding hydrogens is 382 g/mol. The number of halogens is 2.